The normalized spacial score (nSPS) is 21.5. The summed E-state index contributed by atoms with van der Waals surface area (Å²) in [5.74, 6) is 0.567. The molecule has 0 fully saturated rings. The zero-order valence-corrected chi connectivity index (χ0v) is 9.62. The lowest BCUT2D eigenvalue weighted by Crippen LogP contribution is -2.04. The minimum atomic E-state index is 0.567. The zero-order chi connectivity index (χ0) is 10.8. The molecule has 0 aromatic heterocycles. The number of allylic oxidation sites excluding steroid dienone is 4. The Labute approximate surface area is 92.3 Å². The molecule has 0 spiro atoms. The van der Waals surface area contributed by atoms with Crippen LogP contribution in [0.3, 0.4) is 0 Å². The molecular formula is C15H17. The summed E-state index contributed by atoms with van der Waals surface area (Å²) < 4.78 is 0. The van der Waals surface area contributed by atoms with E-state index in [4.69, 9.17) is 0 Å². The third-order valence-corrected chi connectivity index (χ3v) is 2.88. The third-order valence-electron chi connectivity index (χ3n) is 2.88. The molecule has 2 rings (SSSR count). The van der Waals surface area contributed by atoms with E-state index in [2.05, 4.69) is 63.6 Å². The molecule has 1 aliphatic carbocycles. The molecule has 0 nitrogen and oxygen atoms in total. The molecule has 0 heteroatoms. The first-order valence-corrected chi connectivity index (χ1v) is 5.48. The summed E-state index contributed by atoms with van der Waals surface area (Å²) in [6.07, 6.45) is 4.66. The van der Waals surface area contributed by atoms with Crippen LogP contribution in [0.15, 0.2) is 47.6 Å². The average molecular weight is 197 g/mol. The highest BCUT2D eigenvalue weighted by Gasteiger charge is 2.15. The molecular weight excluding hydrogens is 180 g/mol. The Hall–Kier alpha value is -1.30. The van der Waals surface area contributed by atoms with Crippen molar-refractivity contribution in [3.63, 3.8) is 0 Å². The molecule has 1 radical (unpaired) electrons. The summed E-state index contributed by atoms with van der Waals surface area (Å²) >= 11 is 0. The van der Waals surface area contributed by atoms with Crippen molar-refractivity contribution >= 4 is 5.57 Å². The maximum Gasteiger partial charge on any atom is -0.00647 e. The molecule has 1 unspecified atom stereocenters. The molecule has 1 aromatic carbocycles. The Bertz CT molecular complexity index is 407. The van der Waals surface area contributed by atoms with Crippen LogP contribution in [0.5, 0.6) is 0 Å². The fourth-order valence-electron chi connectivity index (χ4n) is 2.37. The zero-order valence-electron chi connectivity index (χ0n) is 9.62. The van der Waals surface area contributed by atoms with E-state index in [0.29, 0.717) is 5.92 Å². The Balaban J connectivity index is 2.46. The second-order valence-corrected chi connectivity index (χ2v) is 4.30. The fourth-order valence-corrected chi connectivity index (χ4v) is 2.37. The summed E-state index contributed by atoms with van der Waals surface area (Å²) in [4.78, 5) is 0. The lowest BCUT2D eigenvalue weighted by Gasteiger charge is -2.21. The molecule has 77 valence electrons. The van der Waals surface area contributed by atoms with Gasteiger partial charge in [0.15, 0.2) is 0 Å². The van der Waals surface area contributed by atoms with E-state index in [9.17, 15) is 0 Å². The molecule has 1 aromatic rings. The van der Waals surface area contributed by atoms with Crippen molar-refractivity contribution in [2.75, 3.05) is 0 Å². The van der Waals surface area contributed by atoms with Gasteiger partial charge in [0.1, 0.15) is 0 Å². The molecule has 0 saturated heterocycles. The second kappa shape index (κ2) is 4.06. The minimum absolute atomic E-state index is 0.567. The van der Waals surface area contributed by atoms with Crippen LogP contribution in [0.25, 0.3) is 5.57 Å². The van der Waals surface area contributed by atoms with E-state index in [1.807, 2.05) is 0 Å². The minimum Gasteiger partial charge on any atom is -0.0775 e. The van der Waals surface area contributed by atoms with Crippen molar-refractivity contribution in [3.05, 3.63) is 59.5 Å². The maximum absolute atomic E-state index is 2.33. The predicted molar refractivity (Wildman–Crippen MR) is 66.3 cm³/mol. The van der Waals surface area contributed by atoms with Gasteiger partial charge in [0.25, 0.3) is 0 Å². The van der Waals surface area contributed by atoms with Crippen molar-refractivity contribution in [1.82, 2.24) is 0 Å². The summed E-state index contributed by atoms with van der Waals surface area (Å²) in [5.41, 5.74) is 5.52. The van der Waals surface area contributed by atoms with Crippen molar-refractivity contribution in [1.29, 1.82) is 0 Å². The molecule has 0 amide bonds. The number of hydrogen-bond acceptors (Lipinski definition) is 0. The smallest absolute Gasteiger partial charge is 0.00647 e. The van der Waals surface area contributed by atoms with Gasteiger partial charge in [-0.05, 0) is 42.9 Å². The summed E-state index contributed by atoms with van der Waals surface area (Å²) in [6, 6.07) is 10.6. The Morgan fingerprint density at radius 2 is 1.67 bits per heavy atom. The molecule has 1 atom stereocenters. The van der Waals surface area contributed by atoms with Crippen LogP contribution in [0.1, 0.15) is 26.3 Å². The first-order valence-electron chi connectivity index (χ1n) is 5.48. The topological polar surface area (TPSA) is 0 Å². The van der Waals surface area contributed by atoms with Crippen LogP contribution in [0, 0.1) is 12.3 Å². The monoisotopic (exact) mass is 197 g/mol. The summed E-state index contributed by atoms with van der Waals surface area (Å²) in [6.45, 7) is 6.64. The highest BCUT2D eigenvalue weighted by Crippen LogP contribution is 2.34. The predicted octanol–water partition coefficient (Wildman–Crippen LogP) is 4.26. The van der Waals surface area contributed by atoms with Crippen molar-refractivity contribution in [3.8, 4) is 0 Å². The highest BCUT2D eigenvalue weighted by molar-refractivity contribution is 5.83. The van der Waals surface area contributed by atoms with Crippen LogP contribution in [-0.2, 0) is 0 Å². The first-order chi connectivity index (χ1) is 7.18. The lowest BCUT2D eigenvalue weighted by molar-refractivity contribution is 0.847. The number of hydrogen-bond donors (Lipinski definition) is 0. The van der Waals surface area contributed by atoms with Gasteiger partial charge >= 0.3 is 0 Å². The molecule has 0 heterocycles. The van der Waals surface area contributed by atoms with Gasteiger partial charge < -0.3 is 0 Å². The van der Waals surface area contributed by atoms with Crippen LogP contribution in [0.4, 0.5) is 0 Å². The van der Waals surface area contributed by atoms with E-state index in [0.717, 1.165) is 0 Å². The van der Waals surface area contributed by atoms with E-state index < -0.39 is 0 Å². The Morgan fingerprint density at radius 3 is 2.27 bits per heavy atom. The van der Waals surface area contributed by atoms with E-state index in [1.165, 1.54) is 22.3 Å². The molecule has 0 aliphatic heterocycles. The number of benzene rings is 1. The van der Waals surface area contributed by atoms with Crippen LogP contribution >= 0.6 is 0 Å². The van der Waals surface area contributed by atoms with Crippen LogP contribution in [0.2, 0.25) is 0 Å². The van der Waals surface area contributed by atoms with Gasteiger partial charge in [-0.25, -0.2) is 0 Å². The van der Waals surface area contributed by atoms with Crippen LogP contribution < -0.4 is 0 Å². The van der Waals surface area contributed by atoms with Gasteiger partial charge in [0, 0.05) is 0 Å². The Morgan fingerprint density at radius 1 is 1.00 bits per heavy atom. The average Bonchev–Trinajstić information content (AvgIpc) is 2.17. The van der Waals surface area contributed by atoms with Gasteiger partial charge in [-0.15, -0.1) is 0 Å². The third kappa shape index (κ3) is 2.04. The van der Waals surface area contributed by atoms with E-state index in [-0.39, 0.29) is 0 Å². The van der Waals surface area contributed by atoms with Gasteiger partial charge in [0.2, 0.25) is 0 Å². The number of rotatable bonds is 1. The highest BCUT2D eigenvalue weighted by atomic mass is 14.2. The fraction of sp³-hybridized carbons (Fsp3) is 0.267. The van der Waals surface area contributed by atoms with Gasteiger partial charge in [-0.1, -0.05) is 48.9 Å². The summed E-state index contributed by atoms with van der Waals surface area (Å²) in [7, 11) is 0. The lowest BCUT2D eigenvalue weighted by atomic mass is 9.83. The standard InChI is InChI=1S/C15H17/c1-11-9-12(2)15(13(3)10-11)14-7-5-4-6-8-14/h4-11H,1-3H3. The van der Waals surface area contributed by atoms with E-state index in [1.54, 1.807) is 0 Å². The molecule has 1 aliphatic rings. The SMILES string of the molecule is CC1=CC(C)[CH]C(C)=C1c1ccccc1. The van der Waals surface area contributed by atoms with Gasteiger partial charge in [-0.2, -0.15) is 0 Å². The first kappa shape index (κ1) is 10.2. The second-order valence-electron chi connectivity index (χ2n) is 4.30. The van der Waals surface area contributed by atoms with Crippen LogP contribution in [-0.4, -0.2) is 0 Å². The van der Waals surface area contributed by atoms with Crippen molar-refractivity contribution in [2.45, 2.75) is 20.8 Å². The maximum atomic E-state index is 2.33. The largest absolute Gasteiger partial charge is 0.0775 e. The summed E-state index contributed by atoms with van der Waals surface area (Å²) in [5, 5.41) is 0. The quantitative estimate of drug-likeness (QED) is 0.631. The molecule has 0 bridgehead atoms. The molecule has 0 saturated carbocycles. The van der Waals surface area contributed by atoms with Crippen molar-refractivity contribution in [2.24, 2.45) is 5.92 Å². The molecule has 0 N–H and O–H groups in total. The Kier molecular flexibility index (Phi) is 2.77. The van der Waals surface area contributed by atoms with Gasteiger partial charge in [0.05, 0.1) is 0 Å². The van der Waals surface area contributed by atoms with Gasteiger partial charge in [-0.3, -0.25) is 0 Å². The van der Waals surface area contributed by atoms with E-state index >= 15 is 0 Å². The van der Waals surface area contributed by atoms with Crippen molar-refractivity contribution < 1.29 is 0 Å². The molecule has 15 heavy (non-hydrogen) atoms.